The summed E-state index contributed by atoms with van der Waals surface area (Å²) in [6.07, 6.45) is 2.57. The van der Waals surface area contributed by atoms with Gasteiger partial charge < -0.3 is 9.64 Å². The van der Waals surface area contributed by atoms with E-state index < -0.39 is 0 Å². The average Bonchev–Trinajstić information content (AvgIpc) is 2.65. The van der Waals surface area contributed by atoms with E-state index >= 15 is 0 Å². The number of thiazole rings is 1. The van der Waals surface area contributed by atoms with Crippen molar-refractivity contribution in [2.75, 3.05) is 25.1 Å². The summed E-state index contributed by atoms with van der Waals surface area (Å²) in [6, 6.07) is 0. The van der Waals surface area contributed by atoms with Gasteiger partial charge in [-0.3, -0.25) is 0 Å². The second kappa shape index (κ2) is 4.47. The zero-order valence-corrected chi connectivity index (χ0v) is 9.64. The van der Waals surface area contributed by atoms with Crippen LogP contribution in [0.3, 0.4) is 0 Å². The van der Waals surface area contributed by atoms with Crippen LogP contribution in [0, 0.1) is 0 Å². The van der Waals surface area contributed by atoms with E-state index in [1.165, 1.54) is 0 Å². The monoisotopic (exact) mass is 232 g/mol. The largest absolute Gasteiger partial charge is 0.381 e. The smallest absolute Gasteiger partial charge is 0.186 e. The van der Waals surface area contributed by atoms with Crippen LogP contribution in [0.4, 0.5) is 5.13 Å². The molecule has 2 heterocycles. The number of hydrogen-bond donors (Lipinski definition) is 0. The van der Waals surface area contributed by atoms with Crippen molar-refractivity contribution < 1.29 is 4.74 Å². The third-order valence-corrected chi connectivity index (χ3v) is 3.73. The minimum atomic E-state index is 0.418. The highest BCUT2D eigenvalue weighted by atomic mass is 35.5. The summed E-state index contributed by atoms with van der Waals surface area (Å²) < 4.78 is 5.31. The first-order chi connectivity index (χ1) is 6.79. The molecule has 0 radical (unpaired) electrons. The molecule has 0 saturated carbocycles. The molecule has 0 atom stereocenters. The van der Waals surface area contributed by atoms with E-state index in [1.807, 2.05) is 5.38 Å². The Labute approximate surface area is 92.7 Å². The highest BCUT2D eigenvalue weighted by Gasteiger charge is 2.20. The van der Waals surface area contributed by atoms with E-state index in [0.717, 1.165) is 31.1 Å². The lowest BCUT2D eigenvalue weighted by Crippen LogP contribution is -2.36. The maximum Gasteiger partial charge on any atom is 0.186 e. The third-order valence-electron chi connectivity index (χ3n) is 2.51. The van der Waals surface area contributed by atoms with Gasteiger partial charge in [0.1, 0.15) is 5.15 Å². The topological polar surface area (TPSA) is 25.4 Å². The van der Waals surface area contributed by atoms with E-state index in [4.69, 9.17) is 16.3 Å². The van der Waals surface area contributed by atoms with Gasteiger partial charge in [-0.1, -0.05) is 11.6 Å². The number of aromatic nitrogens is 1. The summed E-state index contributed by atoms with van der Waals surface area (Å²) >= 11 is 7.39. The molecule has 1 aromatic heterocycles. The molecule has 0 aromatic carbocycles. The van der Waals surface area contributed by atoms with Gasteiger partial charge in [0, 0.05) is 25.6 Å². The number of methoxy groups -OCH3 is 1. The summed E-state index contributed by atoms with van der Waals surface area (Å²) in [4.78, 5) is 6.52. The molecule has 1 aromatic rings. The second-order valence-corrected chi connectivity index (χ2v) is 4.60. The normalized spacial score (nSPS) is 18.9. The van der Waals surface area contributed by atoms with Crippen molar-refractivity contribution in [1.82, 2.24) is 4.98 Å². The number of nitrogens with zero attached hydrogens (tertiary/aromatic N) is 2. The summed E-state index contributed by atoms with van der Waals surface area (Å²) in [7, 11) is 1.78. The van der Waals surface area contributed by atoms with Crippen LogP contribution >= 0.6 is 22.9 Å². The summed E-state index contributed by atoms with van der Waals surface area (Å²) in [5.74, 6) is 0. The zero-order chi connectivity index (χ0) is 9.97. The molecule has 1 saturated heterocycles. The van der Waals surface area contributed by atoms with Gasteiger partial charge in [0.15, 0.2) is 5.13 Å². The van der Waals surface area contributed by atoms with Crippen molar-refractivity contribution in [3.63, 3.8) is 0 Å². The van der Waals surface area contributed by atoms with Gasteiger partial charge in [0.05, 0.1) is 6.10 Å². The lowest BCUT2D eigenvalue weighted by Gasteiger charge is -2.30. The minimum absolute atomic E-state index is 0.418. The van der Waals surface area contributed by atoms with E-state index in [0.29, 0.717) is 11.3 Å². The maximum atomic E-state index is 5.78. The number of rotatable bonds is 2. The van der Waals surface area contributed by atoms with Gasteiger partial charge in [0.25, 0.3) is 0 Å². The van der Waals surface area contributed by atoms with Gasteiger partial charge >= 0.3 is 0 Å². The molecule has 5 heteroatoms. The van der Waals surface area contributed by atoms with Crippen LogP contribution in [0.15, 0.2) is 5.38 Å². The molecule has 3 nitrogen and oxygen atoms in total. The van der Waals surface area contributed by atoms with Crippen molar-refractivity contribution in [2.45, 2.75) is 18.9 Å². The van der Waals surface area contributed by atoms with Gasteiger partial charge in [-0.2, -0.15) is 0 Å². The van der Waals surface area contributed by atoms with Gasteiger partial charge in [0.2, 0.25) is 0 Å². The molecule has 14 heavy (non-hydrogen) atoms. The molecule has 2 rings (SSSR count). The predicted molar refractivity (Wildman–Crippen MR) is 59.4 cm³/mol. The Morgan fingerprint density at radius 2 is 2.29 bits per heavy atom. The average molecular weight is 233 g/mol. The first-order valence-electron chi connectivity index (χ1n) is 4.68. The molecule has 0 amide bonds. The first kappa shape index (κ1) is 10.2. The molecule has 0 aliphatic carbocycles. The number of piperidine rings is 1. The molecule has 78 valence electrons. The minimum Gasteiger partial charge on any atom is -0.381 e. The zero-order valence-electron chi connectivity index (χ0n) is 8.07. The second-order valence-electron chi connectivity index (χ2n) is 3.37. The van der Waals surface area contributed by atoms with Gasteiger partial charge in [-0.25, -0.2) is 4.98 Å². The molecule has 0 unspecified atom stereocenters. The fourth-order valence-electron chi connectivity index (χ4n) is 1.67. The maximum absolute atomic E-state index is 5.78. The molecule has 1 aliphatic rings. The van der Waals surface area contributed by atoms with E-state index in [2.05, 4.69) is 9.88 Å². The molecule has 1 aliphatic heterocycles. The highest BCUT2D eigenvalue weighted by molar-refractivity contribution is 7.14. The third kappa shape index (κ3) is 2.19. The summed E-state index contributed by atoms with van der Waals surface area (Å²) in [6.45, 7) is 2.03. The SMILES string of the molecule is COC1CCN(c2nc(Cl)cs2)CC1. The van der Waals surface area contributed by atoms with Crippen LogP contribution in [0.2, 0.25) is 5.15 Å². The molecule has 0 bridgehead atoms. The Morgan fingerprint density at radius 3 is 2.79 bits per heavy atom. The highest BCUT2D eigenvalue weighted by Crippen LogP contribution is 2.26. The predicted octanol–water partition coefficient (Wildman–Crippen LogP) is 2.41. The summed E-state index contributed by atoms with van der Waals surface area (Å²) in [5.41, 5.74) is 0. The Morgan fingerprint density at radius 1 is 1.57 bits per heavy atom. The van der Waals surface area contributed by atoms with Gasteiger partial charge in [-0.05, 0) is 12.8 Å². The Balaban J connectivity index is 1.95. The number of ether oxygens (including phenoxy) is 1. The molecule has 0 spiro atoms. The van der Waals surface area contributed by atoms with Crippen molar-refractivity contribution in [3.05, 3.63) is 10.5 Å². The van der Waals surface area contributed by atoms with Crippen molar-refractivity contribution >= 4 is 28.1 Å². The van der Waals surface area contributed by atoms with E-state index in [-0.39, 0.29) is 0 Å². The fraction of sp³-hybridized carbons (Fsp3) is 0.667. The van der Waals surface area contributed by atoms with Crippen LogP contribution < -0.4 is 4.90 Å². The Kier molecular flexibility index (Phi) is 3.26. The lowest BCUT2D eigenvalue weighted by atomic mass is 10.1. The molecule has 1 fully saturated rings. The molecule has 0 N–H and O–H groups in total. The van der Waals surface area contributed by atoms with Crippen molar-refractivity contribution in [1.29, 1.82) is 0 Å². The fourth-order valence-corrected chi connectivity index (χ4v) is 2.68. The van der Waals surface area contributed by atoms with Crippen LogP contribution in [0.25, 0.3) is 0 Å². The van der Waals surface area contributed by atoms with Crippen LogP contribution in [0.5, 0.6) is 0 Å². The Hall–Kier alpha value is -0.320. The first-order valence-corrected chi connectivity index (χ1v) is 5.94. The van der Waals surface area contributed by atoms with Crippen molar-refractivity contribution in [2.24, 2.45) is 0 Å². The van der Waals surface area contributed by atoms with Crippen molar-refractivity contribution in [3.8, 4) is 0 Å². The van der Waals surface area contributed by atoms with Gasteiger partial charge in [-0.15, -0.1) is 11.3 Å². The van der Waals surface area contributed by atoms with Crippen LogP contribution in [-0.4, -0.2) is 31.3 Å². The summed E-state index contributed by atoms with van der Waals surface area (Å²) in [5, 5.41) is 3.50. The van der Waals surface area contributed by atoms with E-state index in [1.54, 1.807) is 18.4 Å². The molecular weight excluding hydrogens is 220 g/mol. The quantitative estimate of drug-likeness (QED) is 0.783. The lowest BCUT2D eigenvalue weighted by molar-refractivity contribution is 0.0819. The number of hydrogen-bond acceptors (Lipinski definition) is 4. The Bertz CT molecular complexity index is 297. The van der Waals surface area contributed by atoms with Crippen LogP contribution in [-0.2, 0) is 4.74 Å². The van der Waals surface area contributed by atoms with Crippen LogP contribution in [0.1, 0.15) is 12.8 Å². The van der Waals surface area contributed by atoms with E-state index in [9.17, 15) is 0 Å². The molecular formula is C9H13ClN2OS. The number of anilines is 1. The number of halogens is 1. The standard InChI is InChI=1S/C9H13ClN2OS/c1-13-7-2-4-12(5-3-7)9-11-8(10)6-14-9/h6-7H,2-5H2,1H3.